The van der Waals surface area contributed by atoms with Crippen LogP contribution in [0.3, 0.4) is 0 Å². The lowest BCUT2D eigenvalue weighted by Gasteiger charge is -2.32. The summed E-state index contributed by atoms with van der Waals surface area (Å²) in [5.41, 5.74) is 5.03. The Morgan fingerprint density at radius 2 is 1.70 bits per heavy atom. The van der Waals surface area contributed by atoms with Crippen LogP contribution >= 0.6 is 11.8 Å². The van der Waals surface area contributed by atoms with Crippen LogP contribution in [0, 0.1) is 0 Å². The molecule has 4 aromatic rings. The molecule has 0 amide bonds. The lowest BCUT2D eigenvalue weighted by molar-refractivity contribution is 0.242. The molecule has 1 atom stereocenters. The number of fused-ring (bicyclic) bond motifs is 2. The van der Waals surface area contributed by atoms with Gasteiger partial charge in [-0.15, -0.1) is 6.58 Å². The molecule has 1 heterocycles. The fraction of sp³-hybridized carbons (Fsp3) is 0.278. The number of rotatable bonds is 11. The highest BCUT2D eigenvalue weighted by molar-refractivity contribution is 8.03. The first-order valence-corrected chi connectivity index (χ1v) is 15.0. The van der Waals surface area contributed by atoms with E-state index in [4.69, 9.17) is 4.74 Å². The summed E-state index contributed by atoms with van der Waals surface area (Å²) >= 11 is 1.86. The van der Waals surface area contributed by atoms with Crippen LogP contribution in [0.5, 0.6) is 5.75 Å². The zero-order valence-electron chi connectivity index (χ0n) is 24.1. The predicted octanol–water partition coefficient (Wildman–Crippen LogP) is 9.59. The molecule has 0 aliphatic carbocycles. The average Bonchev–Trinajstić information content (AvgIpc) is 3.28. The van der Waals surface area contributed by atoms with Crippen molar-refractivity contribution in [2.75, 3.05) is 23.8 Å². The van der Waals surface area contributed by atoms with Gasteiger partial charge in [0.05, 0.1) is 16.8 Å². The molecule has 40 heavy (non-hydrogen) atoms. The van der Waals surface area contributed by atoms with Crippen molar-refractivity contribution >= 4 is 33.9 Å². The van der Waals surface area contributed by atoms with Gasteiger partial charge in [-0.1, -0.05) is 85.4 Å². The van der Waals surface area contributed by atoms with Gasteiger partial charge in [-0.3, -0.25) is 0 Å². The summed E-state index contributed by atoms with van der Waals surface area (Å²) in [6.45, 7) is 11.5. The normalized spacial score (nSPS) is 15.3. The molecule has 4 heteroatoms. The van der Waals surface area contributed by atoms with Gasteiger partial charge in [0.1, 0.15) is 5.75 Å². The summed E-state index contributed by atoms with van der Waals surface area (Å²) in [4.78, 5) is 3.63. The van der Waals surface area contributed by atoms with Crippen LogP contribution in [0.25, 0.3) is 10.8 Å². The summed E-state index contributed by atoms with van der Waals surface area (Å²) in [6.07, 6.45) is 7.42. The molecule has 0 aromatic heterocycles. The largest absolute Gasteiger partial charge is 0.491 e. The van der Waals surface area contributed by atoms with Crippen LogP contribution in [0.4, 0.5) is 11.4 Å². The molecule has 4 aromatic carbocycles. The average molecular weight is 549 g/mol. The van der Waals surface area contributed by atoms with Gasteiger partial charge in [-0.05, 0) is 85.3 Å². The number of hydrogen-bond acceptors (Lipinski definition) is 4. The Morgan fingerprint density at radius 3 is 2.45 bits per heavy atom. The number of hydrogen-bond donors (Lipinski definition) is 1. The van der Waals surface area contributed by atoms with Gasteiger partial charge in [0, 0.05) is 29.6 Å². The molecule has 1 aliphatic rings. The van der Waals surface area contributed by atoms with Crippen LogP contribution in [0.2, 0.25) is 0 Å². The number of anilines is 2. The van der Waals surface area contributed by atoms with E-state index >= 15 is 0 Å². The number of benzene rings is 4. The second-order valence-electron chi connectivity index (χ2n) is 11.1. The second kappa shape index (κ2) is 12.3. The Bertz CT molecular complexity index is 1510. The Hall–Kier alpha value is -3.63. The summed E-state index contributed by atoms with van der Waals surface area (Å²) in [6, 6.07) is 30.4. The van der Waals surface area contributed by atoms with E-state index in [1.54, 1.807) is 0 Å². The number of allylic oxidation sites excluding steroid dienone is 2. The Labute approximate surface area is 243 Å². The number of para-hydroxylation sites is 1. The van der Waals surface area contributed by atoms with E-state index in [9.17, 15) is 0 Å². The molecule has 1 unspecified atom stereocenters. The third-order valence-corrected chi connectivity index (χ3v) is 8.87. The van der Waals surface area contributed by atoms with Crippen LogP contribution in [0.15, 0.2) is 114 Å². The Kier molecular flexibility index (Phi) is 8.56. The number of nitrogens with one attached hydrogen (secondary N) is 1. The van der Waals surface area contributed by atoms with E-state index < -0.39 is 0 Å². The minimum absolute atomic E-state index is 0.121. The van der Waals surface area contributed by atoms with Crippen LogP contribution in [-0.4, -0.2) is 19.7 Å². The monoisotopic (exact) mass is 548 g/mol. The third kappa shape index (κ3) is 6.08. The van der Waals surface area contributed by atoms with E-state index in [1.807, 2.05) is 11.8 Å². The fourth-order valence-electron chi connectivity index (χ4n) is 5.64. The molecular formula is C36H40N2OS. The van der Waals surface area contributed by atoms with Crippen LogP contribution in [-0.2, 0) is 11.8 Å². The molecule has 0 bridgehead atoms. The van der Waals surface area contributed by atoms with Crippen molar-refractivity contribution in [3.05, 3.63) is 120 Å². The molecule has 1 aliphatic heterocycles. The first-order chi connectivity index (χ1) is 19.4. The maximum Gasteiger partial charge on any atom is 0.119 e. The fourth-order valence-corrected chi connectivity index (χ4v) is 6.72. The second-order valence-corrected chi connectivity index (χ2v) is 12.2. The first kappa shape index (κ1) is 27.9. The third-order valence-electron chi connectivity index (χ3n) is 7.65. The lowest BCUT2D eigenvalue weighted by Crippen LogP contribution is -2.24. The molecular weight excluding hydrogens is 508 g/mol. The van der Waals surface area contributed by atoms with E-state index in [0.717, 1.165) is 31.6 Å². The highest BCUT2D eigenvalue weighted by atomic mass is 32.2. The topological polar surface area (TPSA) is 24.5 Å². The van der Waals surface area contributed by atoms with Gasteiger partial charge in [-0.25, -0.2) is 0 Å². The Morgan fingerprint density at radius 1 is 0.950 bits per heavy atom. The number of thioether (sulfide) groups is 1. The van der Waals surface area contributed by atoms with E-state index in [0.29, 0.717) is 0 Å². The van der Waals surface area contributed by atoms with Gasteiger partial charge in [0.25, 0.3) is 0 Å². The highest BCUT2D eigenvalue weighted by Gasteiger charge is 2.30. The van der Waals surface area contributed by atoms with Gasteiger partial charge in [-0.2, -0.15) is 0 Å². The minimum Gasteiger partial charge on any atom is -0.491 e. The summed E-state index contributed by atoms with van der Waals surface area (Å²) in [5, 5.41) is 7.68. The lowest BCUT2D eigenvalue weighted by atomic mass is 9.74. The molecule has 206 valence electrons. The molecule has 0 radical (unpaired) electrons. The van der Waals surface area contributed by atoms with Crippen molar-refractivity contribution in [1.82, 2.24) is 0 Å². The van der Waals surface area contributed by atoms with Crippen molar-refractivity contribution in [3.63, 3.8) is 0 Å². The quantitative estimate of drug-likeness (QED) is 0.189. The van der Waals surface area contributed by atoms with Crippen molar-refractivity contribution < 1.29 is 4.74 Å². The van der Waals surface area contributed by atoms with Gasteiger partial charge < -0.3 is 15.0 Å². The summed E-state index contributed by atoms with van der Waals surface area (Å²) in [7, 11) is 2.17. The van der Waals surface area contributed by atoms with Gasteiger partial charge in [0.2, 0.25) is 0 Å². The summed E-state index contributed by atoms with van der Waals surface area (Å²) in [5.74, 6) is 0.923. The number of nitrogens with zero attached hydrogens (tertiary/aromatic N) is 1. The van der Waals surface area contributed by atoms with E-state index in [2.05, 4.69) is 142 Å². The standard InChI is InChI=1S/C36H40N2OS/c1-6-23-36(4,24-21-34-38(5)32-13-9-10-14-33(32)40-34)35-30-12-8-7-11-28(30)17-20-31(35)37-25-22-27-15-18-29(19-16-27)39-26(2)3/h6-21,26,37H,1,22-25H2,2-5H3/b34-21-. The van der Waals surface area contributed by atoms with Crippen molar-refractivity contribution in [2.24, 2.45) is 0 Å². The first-order valence-electron chi connectivity index (χ1n) is 14.2. The number of ether oxygens (including phenoxy) is 1. The van der Waals surface area contributed by atoms with Gasteiger partial charge in [0.15, 0.2) is 0 Å². The molecule has 0 saturated carbocycles. The molecule has 5 rings (SSSR count). The minimum atomic E-state index is -0.121. The van der Waals surface area contributed by atoms with Crippen LogP contribution < -0.4 is 15.0 Å². The Balaban J connectivity index is 1.42. The van der Waals surface area contributed by atoms with E-state index in [-0.39, 0.29) is 11.5 Å². The maximum absolute atomic E-state index is 5.81. The zero-order chi connectivity index (χ0) is 28.1. The van der Waals surface area contributed by atoms with Crippen molar-refractivity contribution in [1.29, 1.82) is 0 Å². The zero-order valence-corrected chi connectivity index (χ0v) is 24.9. The molecule has 0 fully saturated rings. The molecule has 0 saturated heterocycles. The highest BCUT2D eigenvalue weighted by Crippen LogP contribution is 2.47. The smallest absolute Gasteiger partial charge is 0.119 e. The van der Waals surface area contributed by atoms with Crippen molar-refractivity contribution in [3.8, 4) is 5.75 Å². The SMILES string of the molecule is C=CCC(C)(C/C=C1\Sc2ccccc2N1C)c1c(NCCc2ccc(OC(C)C)cc2)ccc2ccccc12. The van der Waals surface area contributed by atoms with Crippen LogP contribution in [0.1, 0.15) is 44.7 Å². The van der Waals surface area contributed by atoms with E-state index in [1.165, 1.54) is 43.2 Å². The van der Waals surface area contributed by atoms with Gasteiger partial charge >= 0.3 is 0 Å². The molecule has 3 nitrogen and oxygen atoms in total. The molecule has 0 spiro atoms. The maximum atomic E-state index is 5.81. The molecule has 1 N–H and O–H groups in total. The van der Waals surface area contributed by atoms with Crippen molar-refractivity contribution in [2.45, 2.75) is 56.4 Å². The summed E-state index contributed by atoms with van der Waals surface area (Å²) < 4.78 is 5.81. The predicted molar refractivity (Wildman–Crippen MR) is 174 cm³/mol.